The highest BCUT2D eigenvalue weighted by atomic mass is 32.2. The van der Waals surface area contributed by atoms with Crippen molar-refractivity contribution in [2.24, 2.45) is 0 Å². The molecule has 0 aromatic carbocycles. The van der Waals surface area contributed by atoms with Crippen molar-refractivity contribution in [1.29, 1.82) is 0 Å². The molecule has 0 saturated heterocycles. The highest BCUT2D eigenvalue weighted by Gasteiger charge is 2.22. The third-order valence-electron chi connectivity index (χ3n) is 2.00. The quantitative estimate of drug-likeness (QED) is 0.670. The Kier molecular flexibility index (Phi) is 5.35. The smallest absolute Gasteiger partial charge is 0.308 e. The lowest BCUT2D eigenvalue weighted by molar-refractivity contribution is -0.136. The summed E-state index contributed by atoms with van der Waals surface area (Å²) in [7, 11) is -4.02. The summed E-state index contributed by atoms with van der Waals surface area (Å²) in [6.07, 6.45) is -5.46. The minimum Gasteiger partial charge on any atom is -0.481 e. The molecule has 0 aliphatic rings. The lowest BCUT2D eigenvalue weighted by atomic mass is 10.3. The van der Waals surface area contributed by atoms with Crippen molar-refractivity contribution >= 4 is 27.3 Å². The summed E-state index contributed by atoms with van der Waals surface area (Å²) in [5, 5.41) is 17.4. The van der Waals surface area contributed by atoms with Crippen molar-refractivity contribution in [3.05, 3.63) is 17.0 Å². The van der Waals surface area contributed by atoms with E-state index in [0.717, 1.165) is 11.3 Å². The Morgan fingerprint density at radius 1 is 1.42 bits per heavy atom. The van der Waals surface area contributed by atoms with E-state index < -0.39 is 35.1 Å². The van der Waals surface area contributed by atoms with Crippen molar-refractivity contribution in [3.63, 3.8) is 0 Å². The van der Waals surface area contributed by atoms with E-state index in [0.29, 0.717) is 4.88 Å². The zero-order valence-corrected chi connectivity index (χ0v) is 11.0. The number of thiophene rings is 1. The van der Waals surface area contributed by atoms with E-state index in [-0.39, 0.29) is 10.6 Å². The van der Waals surface area contributed by atoms with Crippen LogP contribution in [0.4, 0.5) is 8.78 Å². The Balaban J connectivity index is 2.72. The topological polar surface area (TPSA) is 104 Å². The molecule has 19 heavy (non-hydrogen) atoms. The first-order valence-corrected chi connectivity index (χ1v) is 7.28. The zero-order valence-electron chi connectivity index (χ0n) is 9.42. The molecule has 0 aliphatic heterocycles. The Bertz CT molecular complexity index is 543. The first kappa shape index (κ1) is 16.0. The Labute approximate surface area is 111 Å². The van der Waals surface area contributed by atoms with Crippen molar-refractivity contribution in [1.82, 2.24) is 4.72 Å². The molecule has 1 aromatic heterocycles. The fraction of sp³-hybridized carbons (Fsp3) is 0.444. The number of carbonyl (C=O) groups is 1. The number of aliphatic hydroxyl groups is 1. The number of aliphatic hydroxyl groups excluding tert-OH is 1. The standard InChI is InChI=1S/C9H11F2NO5S2/c10-9(11)6(13)4-12-19(16,17)8-2-1-5(18-8)3-7(14)15/h1-2,6,9,12-13H,3-4H2,(H,14,15). The minimum absolute atomic E-state index is 0.190. The molecule has 3 N–H and O–H groups in total. The molecule has 0 spiro atoms. The molecule has 1 atom stereocenters. The average Bonchev–Trinajstić information content (AvgIpc) is 2.74. The summed E-state index contributed by atoms with van der Waals surface area (Å²) in [5.41, 5.74) is 0. The number of nitrogens with one attached hydrogen (secondary N) is 1. The molecule has 1 rings (SSSR count). The minimum atomic E-state index is -4.02. The Hall–Kier alpha value is -1.10. The lowest BCUT2D eigenvalue weighted by Gasteiger charge is -2.10. The van der Waals surface area contributed by atoms with Gasteiger partial charge in [0.1, 0.15) is 10.3 Å². The summed E-state index contributed by atoms with van der Waals surface area (Å²) in [6.45, 7) is -0.813. The van der Waals surface area contributed by atoms with E-state index >= 15 is 0 Å². The normalized spacial score (nSPS) is 13.7. The van der Waals surface area contributed by atoms with Gasteiger partial charge < -0.3 is 10.2 Å². The Morgan fingerprint density at radius 2 is 2.05 bits per heavy atom. The van der Waals surface area contributed by atoms with Crippen molar-refractivity contribution < 1.29 is 32.2 Å². The van der Waals surface area contributed by atoms with Crippen LogP contribution in [0.5, 0.6) is 0 Å². The fourth-order valence-electron chi connectivity index (χ4n) is 1.10. The van der Waals surface area contributed by atoms with Crippen LogP contribution < -0.4 is 4.72 Å². The number of aliphatic carboxylic acids is 1. The van der Waals surface area contributed by atoms with Crippen LogP contribution in [0.1, 0.15) is 4.88 Å². The number of carboxylic acid groups (broad SMARTS) is 1. The number of alkyl halides is 2. The molecule has 0 amide bonds. The van der Waals surface area contributed by atoms with Crippen LogP contribution in [0.15, 0.2) is 16.3 Å². The van der Waals surface area contributed by atoms with Crippen LogP contribution in [-0.4, -0.2) is 43.7 Å². The van der Waals surface area contributed by atoms with E-state index in [1.54, 1.807) is 0 Å². The third kappa shape index (κ3) is 4.82. The summed E-state index contributed by atoms with van der Waals surface area (Å²) in [4.78, 5) is 10.8. The predicted molar refractivity (Wildman–Crippen MR) is 62.9 cm³/mol. The highest BCUT2D eigenvalue weighted by molar-refractivity contribution is 7.91. The molecule has 1 aromatic rings. The second kappa shape index (κ2) is 6.37. The van der Waals surface area contributed by atoms with E-state index in [9.17, 15) is 22.0 Å². The van der Waals surface area contributed by atoms with Crippen LogP contribution in [0.3, 0.4) is 0 Å². The van der Waals surface area contributed by atoms with Crippen LogP contribution in [0.25, 0.3) is 0 Å². The maximum Gasteiger partial charge on any atom is 0.308 e. The molecule has 108 valence electrons. The number of carboxylic acids is 1. The van der Waals surface area contributed by atoms with E-state index in [4.69, 9.17) is 10.2 Å². The largest absolute Gasteiger partial charge is 0.481 e. The van der Waals surface area contributed by atoms with Gasteiger partial charge in [0.15, 0.2) is 0 Å². The Morgan fingerprint density at radius 3 is 2.58 bits per heavy atom. The lowest BCUT2D eigenvalue weighted by Crippen LogP contribution is -2.35. The van der Waals surface area contributed by atoms with E-state index in [2.05, 4.69) is 0 Å². The van der Waals surface area contributed by atoms with Gasteiger partial charge in [-0.1, -0.05) is 0 Å². The summed E-state index contributed by atoms with van der Waals surface area (Å²) in [5.74, 6) is -1.10. The summed E-state index contributed by atoms with van der Waals surface area (Å²) < 4.78 is 49.0. The first-order valence-electron chi connectivity index (χ1n) is 4.99. The average molecular weight is 315 g/mol. The first-order chi connectivity index (χ1) is 8.72. The van der Waals surface area contributed by atoms with Crippen molar-refractivity contribution in [2.45, 2.75) is 23.2 Å². The van der Waals surface area contributed by atoms with Gasteiger partial charge in [-0.25, -0.2) is 21.9 Å². The van der Waals surface area contributed by atoms with Gasteiger partial charge in [0.25, 0.3) is 6.43 Å². The van der Waals surface area contributed by atoms with Crippen LogP contribution in [-0.2, 0) is 21.2 Å². The number of rotatable bonds is 7. The van der Waals surface area contributed by atoms with Crippen LogP contribution in [0.2, 0.25) is 0 Å². The van der Waals surface area contributed by atoms with Crippen LogP contribution >= 0.6 is 11.3 Å². The molecule has 0 radical (unpaired) electrons. The fourth-order valence-corrected chi connectivity index (χ4v) is 3.54. The molecule has 10 heteroatoms. The van der Waals surface area contributed by atoms with Gasteiger partial charge >= 0.3 is 5.97 Å². The molecular weight excluding hydrogens is 304 g/mol. The van der Waals surface area contributed by atoms with Gasteiger partial charge in [0, 0.05) is 11.4 Å². The highest BCUT2D eigenvalue weighted by Crippen LogP contribution is 2.21. The third-order valence-corrected chi connectivity index (χ3v) is 5.00. The van der Waals surface area contributed by atoms with E-state index in [1.165, 1.54) is 12.1 Å². The van der Waals surface area contributed by atoms with Gasteiger partial charge in [0.05, 0.1) is 6.42 Å². The van der Waals surface area contributed by atoms with Gasteiger partial charge in [-0.2, -0.15) is 0 Å². The van der Waals surface area contributed by atoms with Crippen molar-refractivity contribution in [3.8, 4) is 0 Å². The zero-order chi connectivity index (χ0) is 14.6. The molecule has 6 nitrogen and oxygen atoms in total. The SMILES string of the molecule is O=C(O)Cc1ccc(S(=O)(=O)NCC(O)C(F)F)s1. The van der Waals surface area contributed by atoms with Gasteiger partial charge in [-0.05, 0) is 12.1 Å². The molecule has 0 fully saturated rings. The molecule has 0 bridgehead atoms. The second-order valence-corrected chi connectivity index (χ2v) is 6.71. The number of halogens is 2. The molecule has 1 heterocycles. The molecule has 1 unspecified atom stereocenters. The maximum atomic E-state index is 12.0. The summed E-state index contributed by atoms with van der Waals surface area (Å²) in [6, 6.07) is 2.51. The summed E-state index contributed by atoms with van der Waals surface area (Å²) >= 11 is 0.728. The van der Waals surface area contributed by atoms with Gasteiger partial charge in [0.2, 0.25) is 10.0 Å². The van der Waals surface area contributed by atoms with Gasteiger partial charge in [-0.3, -0.25) is 4.79 Å². The second-order valence-electron chi connectivity index (χ2n) is 3.54. The molecule has 0 aliphatic carbocycles. The maximum absolute atomic E-state index is 12.0. The van der Waals surface area contributed by atoms with Crippen LogP contribution in [0, 0.1) is 0 Å². The molecule has 0 saturated carbocycles. The number of hydrogen-bond donors (Lipinski definition) is 3. The monoisotopic (exact) mass is 315 g/mol. The van der Waals surface area contributed by atoms with Crippen molar-refractivity contribution in [2.75, 3.05) is 6.54 Å². The van der Waals surface area contributed by atoms with Gasteiger partial charge in [-0.15, -0.1) is 11.3 Å². The van der Waals surface area contributed by atoms with E-state index in [1.807, 2.05) is 4.72 Å². The number of hydrogen-bond acceptors (Lipinski definition) is 5. The predicted octanol–water partition coefficient (Wildman–Crippen LogP) is 0.279. The molecular formula is C9H11F2NO5S2. The number of sulfonamides is 1.